The zero-order valence-corrected chi connectivity index (χ0v) is 9.76. The monoisotopic (exact) mass is 235 g/mol. The Hall–Kier alpha value is -1.39. The molecule has 0 spiro atoms. The Morgan fingerprint density at radius 2 is 2.06 bits per heavy atom. The van der Waals surface area contributed by atoms with Crippen LogP contribution >= 0.6 is 0 Å². The number of hydrogen-bond acceptors (Lipinski definition) is 3. The number of aliphatic hydroxyl groups is 1. The van der Waals surface area contributed by atoms with Crippen LogP contribution in [0.5, 0.6) is 0 Å². The lowest BCUT2D eigenvalue weighted by Crippen LogP contribution is -2.35. The minimum absolute atomic E-state index is 0.00713. The summed E-state index contributed by atoms with van der Waals surface area (Å²) in [5.74, 6) is 0.00713. The van der Waals surface area contributed by atoms with E-state index in [-0.39, 0.29) is 12.5 Å². The minimum atomic E-state index is 0.00713. The lowest BCUT2D eigenvalue weighted by molar-refractivity contribution is -0.126. The van der Waals surface area contributed by atoms with Crippen LogP contribution < -0.4 is 5.06 Å². The standard InChI is InChI=1S/C13H17NO3/c15-9-3-4-10-17-14-12-6-2-1-5-11(12)7-8-13(14)16/h1-2,5-6,15H,3-4,7-10H2. The van der Waals surface area contributed by atoms with Crippen LogP contribution in [0.25, 0.3) is 0 Å². The number of unbranched alkanes of at least 4 members (excludes halogenated alkanes) is 1. The maximum absolute atomic E-state index is 11.8. The fourth-order valence-electron chi connectivity index (χ4n) is 1.91. The summed E-state index contributed by atoms with van der Waals surface area (Å²) in [6.45, 7) is 0.620. The first-order chi connectivity index (χ1) is 8.33. The van der Waals surface area contributed by atoms with E-state index in [1.807, 2.05) is 24.3 Å². The lowest BCUT2D eigenvalue weighted by Gasteiger charge is -2.28. The molecule has 0 aromatic heterocycles. The highest BCUT2D eigenvalue weighted by Crippen LogP contribution is 2.27. The number of aryl methyl sites for hydroxylation is 1. The van der Waals surface area contributed by atoms with Crippen molar-refractivity contribution in [2.24, 2.45) is 0 Å². The zero-order valence-electron chi connectivity index (χ0n) is 9.76. The summed E-state index contributed by atoms with van der Waals surface area (Å²) in [4.78, 5) is 17.3. The molecule has 0 fully saturated rings. The molecule has 2 rings (SSSR count). The number of fused-ring (bicyclic) bond motifs is 1. The van der Waals surface area contributed by atoms with Gasteiger partial charge in [-0.3, -0.25) is 9.63 Å². The molecule has 1 heterocycles. The topological polar surface area (TPSA) is 49.8 Å². The van der Waals surface area contributed by atoms with Crippen LogP contribution in [0, 0.1) is 0 Å². The summed E-state index contributed by atoms with van der Waals surface area (Å²) < 4.78 is 0. The summed E-state index contributed by atoms with van der Waals surface area (Å²) >= 11 is 0. The van der Waals surface area contributed by atoms with Crippen LogP contribution in [0.2, 0.25) is 0 Å². The third-order valence-corrected chi connectivity index (χ3v) is 2.82. The normalized spacial score (nSPS) is 14.9. The van der Waals surface area contributed by atoms with Crippen molar-refractivity contribution < 1.29 is 14.7 Å². The summed E-state index contributed by atoms with van der Waals surface area (Å²) in [5, 5.41) is 10.1. The van der Waals surface area contributed by atoms with Crippen molar-refractivity contribution in [1.29, 1.82) is 0 Å². The Bertz CT molecular complexity index is 392. The van der Waals surface area contributed by atoms with E-state index in [4.69, 9.17) is 9.94 Å². The van der Waals surface area contributed by atoms with Gasteiger partial charge in [0.15, 0.2) is 0 Å². The predicted octanol–water partition coefficient (Wildman–Crippen LogP) is 1.67. The molecule has 0 saturated heterocycles. The molecule has 0 aliphatic carbocycles. The molecule has 1 amide bonds. The van der Waals surface area contributed by atoms with Crippen molar-refractivity contribution in [2.75, 3.05) is 18.3 Å². The van der Waals surface area contributed by atoms with Gasteiger partial charge < -0.3 is 5.11 Å². The van der Waals surface area contributed by atoms with Gasteiger partial charge in [0, 0.05) is 13.0 Å². The molecule has 1 aromatic carbocycles. The average molecular weight is 235 g/mol. The van der Waals surface area contributed by atoms with E-state index in [0.717, 1.165) is 24.1 Å². The van der Waals surface area contributed by atoms with Gasteiger partial charge in [0.1, 0.15) is 0 Å². The highest BCUT2D eigenvalue weighted by atomic mass is 16.7. The van der Waals surface area contributed by atoms with Gasteiger partial charge in [-0.15, -0.1) is 0 Å². The van der Waals surface area contributed by atoms with Gasteiger partial charge in [0.2, 0.25) is 0 Å². The number of carbonyl (C=O) groups is 1. The first-order valence-corrected chi connectivity index (χ1v) is 5.97. The Balaban J connectivity index is 2.02. The molecule has 0 saturated carbocycles. The maximum atomic E-state index is 11.8. The van der Waals surface area contributed by atoms with Crippen LogP contribution in [-0.2, 0) is 16.1 Å². The summed E-state index contributed by atoms with van der Waals surface area (Å²) in [6, 6.07) is 7.80. The number of aliphatic hydroxyl groups excluding tert-OH is 1. The van der Waals surface area contributed by atoms with Crippen molar-refractivity contribution in [3.8, 4) is 0 Å². The number of nitrogens with zero attached hydrogens (tertiary/aromatic N) is 1. The number of hydrogen-bond donors (Lipinski definition) is 1. The number of hydroxylamine groups is 1. The first-order valence-electron chi connectivity index (χ1n) is 5.97. The maximum Gasteiger partial charge on any atom is 0.251 e. The molecule has 0 bridgehead atoms. The third kappa shape index (κ3) is 2.84. The van der Waals surface area contributed by atoms with Gasteiger partial charge in [0.25, 0.3) is 5.91 Å². The van der Waals surface area contributed by atoms with E-state index in [0.29, 0.717) is 19.4 Å². The summed E-state index contributed by atoms with van der Waals surface area (Å²) in [5.41, 5.74) is 2.00. The Kier molecular flexibility index (Phi) is 4.12. The van der Waals surface area contributed by atoms with Gasteiger partial charge >= 0.3 is 0 Å². The van der Waals surface area contributed by atoms with Crippen molar-refractivity contribution in [1.82, 2.24) is 0 Å². The quantitative estimate of drug-likeness (QED) is 0.790. The van der Waals surface area contributed by atoms with E-state index < -0.39 is 0 Å². The van der Waals surface area contributed by atoms with Crippen molar-refractivity contribution in [2.45, 2.75) is 25.7 Å². The minimum Gasteiger partial charge on any atom is -0.396 e. The number of benzene rings is 1. The molecule has 92 valence electrons. The van der Waals surface area contributed by atoms with E-state index >= 15 is 0 Å². The highest BCUT2D eigenvalue weighted by molar-refractivity contribution is 5.94. The fraction of sp³-hybridized carbons (Fsp3) is 0.462. The molecule has 1 aliphatic rings. The van der Waals surface area contributed by atoms with Crippen LogP contribution in [-0.4, -0.2) is 24.2 Å². The zero-order chi connectivity index (χ0) is 12.1. The number of anilines is 1. The first kappa shape index (κ1) is 12.1. The van der Waals surface area contributed by atoms with Gasteiger partial charge in [-0.2, -0.15) is 5.06 Å². The molecule has 0 unspecified atom stereocenters. The van der Waals surface area contributed by atoms with E-state index in [1.165, 1.54) is 5.06 Å². The fourth-order valence-corrected chi connectivity index (χ4v) is 1.91. The predicted molar refractivity (Wildman–Crippen MR) is 64.5 cm³/mol. The highest BCUT2D eigenvalue weighted by Gasteiger charge is 2.24. The van der Waals surface area contributed by atoms with Crippen molar-refractivity contribution in [3.63, 3.8) is 0 Å². The molecule has 0 radical (unpaired) electrons. The van der Waals surface area contributed by atoms with Crippen LogP contribution in [0.15, 0.2) is 24.3 Å². The molecular formula is C13H17NO3. The molecule has 1 N–H and O–H groups in total. The van der Waals surface area contributed by atoms with E-state index in [9.17, 15) is 4.79 Å². The van der Waals surface area contributed by atoms with Gasteiger partial charge in [0.05, 0.1) is 12.3 Å². The smallest absolute Gasteiger partial charge is 0.251 e. The SMILES string of the molecule is O=C1CCc2ccccc2N1OCCCCO. The molecule has 17 heavy (non-hydrogen) atoms. The second-order valence-electron chi connectivity index (χ2n) is 4.08. The lowest BCUT2D eigenvalue weighted by atomic mass is 10.0. The number of para-hydroxylation sites is 1. The molecule has 4 nitrogen and oxygen atoms in total. The Labute approximate surface area is 101 Å². The number of carbonyl (C=O) groups excluding carboxylic acids is 1. The summed E-state index contributed by atoms with van der Waals surface area (Å²) in [6.07, 6.45) is 2.73. The van der Waals surface area contributed by atoms with Crippen molar-refractivity contribution in [3.05, 3.63) is 29.8 Å². The van der Waals surface area contributed by atoms with E-state index in [1.54, 1.807) is 0 Å². The molecular weight excluding hydrogens is 218 g/mol. The molecule has 1 aliphatic heterocycles. The largest absolute Gasteiger partial charge is 0.396 e. The van der Waals surface area contributed by atoms with Gasteiger partial charge in [-0.05, 0) is 30.9 Å². The van der Waals surface area contributed by atoms with Gasteiger partial charge in [-0.1, -0.05) is 18.2 Å². The summed E-state index contributed by atoms with van der Waals surface area (Å²) in [7, 11) is 0. The molecule has 4 heteroatoms. The Morgan fingerprint density at radius 3 is 2.88 bits per heavy atom. The molecule has 0 atom stereocenters. The second-order valence-corrected chi connectivity index (χ2v) is 4.08. The van der Waals surface area contributed by atoms with Crippen LogP contribution in [0.3, 0.4) is 0 Å². The van der Waals surface area contributed by atoms with Crippen LogP contribution in [0.4, 0.5) is 5.69 Å². The molecule has 1 aromatic rings. The second kappa shape index (κ2) is 5.80. The number of amides is 1. The number of rotatable bonds is 5. The van der Waals surface area contributed by atoms with Crippen LogP contribution in [0.1, 0.15) is 24.8 Å². The van der Waals surface area contributed by atoms with Crippen molar-refractivity contribution >= 4 is 11.6 Å². The van der Waals surface area contributed by atoms with E-state index in [2.05, 4.69) is 0 Å². The average Bonchev–Trinajstić information content (AvgIpc) is 2.37. The van der Waals surface area contributed by atoms with Gasteiger partial charge in [-0.25, -0.2) is 0 Å². The Morgan fingerprint density at radius 1 is 1.24 bits per heavy atom. The third-order valence-electron chi connectivity index (χ3n) is 2.82.